The molecule has 1 aromatic heterocycles. The number of aromatic amines is 1. The van der Waals surface area contributed by atoms with Gasteiger partial charge in [-0.15, -0.1) is 0 Å². The molecule has 0 aromatic carbocycles. The van der Waals surface area contributed by atoms with Gasteiger partial charge in [0.15, 0.2) is 0 Å². The van der Waals surface area contributed by atoms with Gasteiger partial charge in [0.2, 0.25) is 0 Å². The fraction of sp³-hybridized carbons (Fsp3) is 0.727. The minimum Gasteiger partial charge on any atom is -0.315 e. The SMILES string of the molecule is CCCNC1CCN(Cc2csc(=O)[nH]2)C1. The van der Waals surface area contributed by atoms with Gasteiger partial charge in [0.05, 0.1) is 0 Å². The van der Waals surface area contributed by atoms with Crippen LogP contribution in [-0.4, -0.2) is 35.6 Å². The maximum Gasteiger partial charge on any atom is 0.304 e. The average molecular weight is 241 g/mol. The third-order valence-corrected chi connectivity index (χ3v) is 3.64. The van der Waals surface area contributed by atoms with Crippen LogP contribution in [0.1, 0.15) is 25.5 Å². The molecule has 5 heteroatoms. The maximum absolute atomic E-state index is 11.0. The zero-order valence-corrected chi connectivity index (χ0v) is 10.5. The summed E-state index contributed by atoms with van der Waals surface area (Å²) in [5.74, 6) is 0. The van der Waals surface area contributed by atoms with Crippen molar-refractivity contribution in [1.82, 2.24) is 15.2 Å². The molecule has 1 fully saturated rings. The van der Waals surface area contributed by atoms with Crippen LogP contribution in [0.5, 0.6) is 0 Å². The van der Waals surface area contributed by atoms with Crippen LogP contribution in [0, 0.1) is 0 Å². The molecule has 0 bridgehead atoms. The number of hydrogen-bond acceptors (Lipinski definition) is 4. The van der Waals surface area contributed by atoms with Crippen LogP contribution in [-0.2, 0) is 6.54 Å². The highest BCUT2D eigenvalue weighted by Gasteiger charge is 2.21. The Hall–Kier alpha value is -0.650. The molecule has 4 nitrogen and oxygen atoms in total. The van der Waals surface area contributed by atoms with Gasteiger partial charge in [0, 0.05) is 36.8 Å². The number of rotatable bonds is 5. The Labute approximate surface area is 99.7 Å². The first-order chi connectivity index (χ1) is 7.78. The summed E-state index contributed by atoms with van der Waals surface area (Å²) in [4.78, 5) is 16.3. The number of aromatic nitrogens is 1. The van der Waals surface area contributed by atoms with E-state index in [9.17, 15) is 4.79 Å². The minimum absolute atomic E-state index is 0.0508. The Morgan fingerprint density at radius 3 is 3.25 bits per heavy atom. The molecule has 0 radical (unpaired) electrons. The Kier molecular flexibility index (Phi) is 4.15. The van der Waals surface area contributed by atoms with Crippen molar-refractivity contribution in [2.24, 2.45) is 0 Å². The van der Waals surface area contributed by atoms with Crippen molar-refractivity contribution in [2.75, 3.05) is 19.6 Å². The highest BCUT2D eigenvalue weighted by atomic mass is 32.1. The van der Waals surface area contributed by atoms with Gasteiger partial charge in [-0.05, 0) is 19.4 Å². The van der Waals surface area contributed by atoms with Crippen molar-refractivity contribution in [2.45, 2.75) is 32.4 Å². The fourth-order valence-electron chi connectivity index (χ4n) is 2.12. The molecule has 0 spiro atoms. The van der Waals surface area contributed by atoms with Crippen LogP contribution in [0.25, 0.3) is 0 Å². The zero-order valence-electron chi connectivity index (χ0n) is 9.66. The Morgan fingerprint density at radius 1 is 1.69 bits per heavy atom. The van der Waals surface area contributed by atoms with Crippen LogP contribution in [0.15, 0.2) is 10.2 Å². The number of nitrogens with one attached hydrogen (secondary N) is 2. The Morgan fingerprint density at radius 2 is 2.56 bits per heavy atom. The lowest BCUT2D eigenvalue weighted by Crippen LogP contribution is -2.32. The van der Waals surface area contributed by atoms with Crippen molar-refractivity contribution >= 4 is 11.3 Å². The molecule has 2 N–H and O–H groups in total. The molecule has 0 amide bonds. The van der Waals surface area contributed by atoms with E-state index in [-0.39, 0.29) is 4.87 Å². The summed E-state index contributed by atoms with van der Waals surface area (Å²) < 4.78 is 0. The van der Waals surface area contributed by atoms with Gasteiger partial charge < -0.3 is 10.3 Å². The van der Waals surface area contributed by atoms with E-state index in [1.54, 1.807) is 0 Å². The van der Waals surface area contributed by atoms with Crippen molar-refractivity contribution in [3.8, 4) is 0 Å². The average Bonchev–Trinajstić information content (AvgIpc) is 2.86. The number of thiazole rings is 1. The summed E-state index contributed by atoms with van der Waals surface area (Å²) in [6, 6.07) is 0.630. The summed E-state index contributed by atoms with van der Waals surface area (Å²) >= 11 is 1.25. The van der Waals surface area contributed by atoms with Gasteiger partial charge >= 0.3 is 4.87 Å². The van der Waals surface area contributed by atoms with E-state index >= 15 is 0 Å². The van der Waals surface area contributed by atoms with Gasteiger partial charge in [0.1, 0.15) is 0 Å². The van der Waals surface area contributed by atoms with Gasteiger partial charge in [-0.25, -0.2) is 0 Å². The van der Waals surface area contributed by atoms with Gasteiger partial charge in [0.25, 0.3) is 0 Å². The standard InChI is InChI=1S/C11H19N3OS/c1-2-4-12-9-3-5-14(6-9)7-10-8-16-11(15)13-10/h8-9,12H,2-7H2,1H3,(H,13,15). The molecule has 1 aliphatic heterocycles. The molecule has 1 aliphatic rings. The molecule has 90 valence electrons. The molecular formula is C11H19N3OS. The van der Waals surface area contributed by atoms with Crippen molar-refractivity contribution in [1.29, 1.82) is 0 Å². The molecule has 1 unspecified atom stereocenters. The summed E-state index contributed by atoms with van der Waals surface area (Å²) in [5.41, 5.74) is 1.05. The van der Waals surface area contributed by atoms with E-state index in [2.05, 4.69) is 22.1 Å². The summed E-state index contributed by atoms with van der Waals surface area (Å²) in [7, 11) is 0. The molecule has 1 saturated heterocycles. The molecule has 2 rings (SSSR count). The lowest BCUT2D eigenvalue weighted by atomic mass is 10.2. The van der Waals surface area contributed by atoms with Gasteiger partial charge in [-0.1, -0.05) is 18.3 Å². The molecule has 1 atom stereocenters. The van der Waals surface area contributed by atoms with Gasteiger partial charge in [-0.3, -0.25) is 9.69 Å². The van der Waals surface area contributed by atoms with E-state index in [1.807, 2.05) is 5.38 Å². The van der Waals surface area contributed by atoms with Crippen LogP contribution in [0.2, 0.25) is 0 Å². The Bertz CT molecular complexity index is 373. The summed E-state index contributed by atoms with van der Waals surface area (Å²) in [5, 5.41) is 5.47. The second kappa shape index (κ2) is 5.61. The topological polar surface area (TPSA) is 48.1 Å². The van der Waals surface area contributed by atoms with E-state index in [1.165, 1.54) is 24.2 Å². The van der Waals surface area contributed by atoms with Crippen LogP contribution < -0.4 is 10.2 Å². The number of H-pyrrole nitrogens is 1. The third-order valence-electron chi connectivity index (χ3n) is 2.92. The smallest absolute Gasteiger partial charge is 0.304 e. The highest BCUT2D eigenvalue weighted by molar-refractivity contribution is 7.07. The second-order valence-corrected chi connectivity index (χ2v) is 5.19. The molecular weight excluding hydrogens is 222 g/mol. The van der Waals surface area contributed by atoms with Crippen molar-refractivity contribution < 1.29 is 0 Å². The maximum atomic E-state index is 11.0. The summed E-state index contributed by atoms with van der Waals surface area (Å²) in [6.45, 7) is 6.39. The van der Waals surface area contributed by atoms with E-state index in [4.69, 9.17) is 0 Å². The van der Waals surface area contributed by atoms with Crippen molar-refractivity contribution in [3.05, 3.63) is 20.7 Å². The monoisotopic (exact) mass is 241 g/mol. The highest BCUT2D eigenvalue weighted by Crippen LogP contribution is 2.12. The zero-order chi connectivity index (χ0) is 11.4. The fourth-order valence-corrected chi connectivity index (χ4v) is 2.70. The molecule has 0 saturated carbocycles. The molecule has 16 heavy (non-hydrogen) atoms. The first kappa shape index (κ1) is 11.8. The Balaban J connectivity index is 1.78. The van der Waals surface area contributed by atoms with Crippen LogP contribution in [0.3, 0.4) is 0 Å². The molecule has 1 aromatic rings. The van der Waals surface area contributed by atoms with E-state index in [0.717, 1.165) is 31.9 Å². The lowest BCUT2D eigenvalue weighted by Gasteiger charge is -2.15. The first-order valence-electron chi connectivity index (χ1n) is 5.90. The van der Waals surface area contributed by atoms with Crippen LogP contribution in [0.4, 0.5) is 0 Å². The van der Waals surface area contributed by atoms with E-state index in [0.29, 0.717) is 6.04 Å². The van der Waals surface area contributed by atoms with E-state index < -0.39 is 0 Å². The summed E-state index contributed by atoms with van der Waals surface area (Å²) in [6.07, 6.45) is 2.41. The van der Waals surface area contributed by atoms with Gasteiger partial charge in [-0.2, -0.15) is 0 Å². The van der Waals surface area contributed by atoms with Crippen LogP contribution >= 0.6 is 11.3 Å². The van der Waals surface area contributed by atoms with Crippen molar-refractivity contribution in [3.63, 3.8) is 0 Å². The predicted octanol–water partition coefficient (Wildman–Crippen LogP) is 1.01. The quantitative estimate of drug-likeness (QED) is 0.809. The normalized spacial score (nSPS) is 21.7. The molecule has 0 aliphatic carbocycles. The third kappa shape index (κ3) is 3.17. The largest absolute Gasteiger partial charge is 0.315 e. The second-order valence-electron chi connectivity index (χ2n) is 4.35. The molecule has 2 heterocycles. The number of nitrogens with zero attached hydrogens (tertiary/aromatic N) is 1. The first-order valence-corrected chi connectivity index (χ1v) is 6.78. The minimum atomic E-state index is 0.0508. The number of hydrogen-bond donors (Lipinski definition) is 2. The predicted molar refractivity (Wildman–Crippen MR) is 66.9 cm³/mol. The number of likely N-dealkylation sites (tertiary alicyclic amines) is 1. The lowest BCUT2D eigenvalue weighted by molar-refractivity contribution is 0.317.